The number of aryl methyl sites for hydroxylation is 1. The Kier molecular flexibility index (Phi) is 5.30. The van der Waals surface area contributed by atoms with Crippen LogP contribution in [0.1, 0.15) is 43.1 Å². The Morgan fingerprint density at radius 3 is 2.85 bits per heavy atom. The van der Waals surface area contributed by atoms with Crippen LogP contribution in [0.3, 0.4) is 0 Å². The molecule has 1 aromatic carbocycles. The molecule has 0 amide bonds. The number of benzene rings is 1. The molecular weight excluding hydrogens is 250 g/mol. The second-order valence-electron chi connectivity index (χ2n) is 5.14. The average Bonchev–Trinajstić information content (AvgIpc) is 2.85. The number of rotatable bonds is 7. The van der Waals surface area contributed by atoms with Crippen LogP contribution in [0.4, 0.5) is 0 Å². The number of likely N-dealkylation sites (N-methyl/N-ethyl adjacent to an activating group) is 1. The van der Waals surface area contributed by atoms with Gasteiger partial charge in [0.05, 0.1) is 0 Å². The zero-order valence-corrected chi connectivity index (χ0v) is 12.5. The molecule has 20 heavy (non-hydrogen) atoms. The summed E-state index contributed by atoms with van der Waals surface area (Å²) < 4.78 is 5.34. The van der Waals surface area contributed by atoms with E-state index in [4.69, 9.17) is 4.52 Å². The van der Waals surface area contributed by atoms with Crippen molar-refractivity contribution in [2.75, 3.05) is 6.54 Å². The molecule has 1 heterocycles. The van der Waals surface area contributed by atoms with Crippen LogP contribution in [0, 0.1) is 6.92 Å². The third-order valence-electron chi connectivity index (χ3n) is 3.36. The summed E-state index contributed by atoms with van der Waals surface area (Å²) in [5.41, 5.74) is 2.47. The SMILES string of the molecule is CCNC(CC)Cc1nc(Cc2cccc(C)c2)no1. The topological polar surface area (TPSA) is 51.0 Å². The minimum Gasteiger partial charge on any atom is -0.339 e. The first-order chi connectivity index (χ1) is 9.71. The summed E-state index contributed by atoms with van der Waals surface area (Å²) in [6.45, 7) is 7.33. The van der Waals surface area contributed by atoms with E-state index in [9.17, 15) is 0 Å². The first-order valence-electron chi connectivity index (χ1n) is 7.31. The van der Waals surface area contributed by atoms with Gasteiger partial charge in [-0.3, -0.25) is 0 Å². The van der Waals surface area contributed by atoms with E-state index in [0.717, 1.165) is 37.5 Å². The molecule has 0 radical (unpaired) electrons. The van der Waals surface area contributed by atoms with Gasteiger partial charge in [-0.15, -0.1) is 0 Å². The third kappa shape index (κ3) is 4.17. The highest BCUT2D eigenvalue weighted by atomic mass is 16.5. The van der Waals surface area contributed by atoms with Crippen molar-refractivity contribution in [3.05, 3.63) is 47.1 Å². The van der Waals surface area contributed by atoms with Gasteiger partial charge in [0.25, 0.3) is 0 Å². The van der Waals surface area contributed by atoms with E-state index in [1.807, 2.05) is 0 Å². The normalized spacial score (nSPS) is 12.6. The molecule has 108 valence electrons. The van der Waals surface area contributed by atoms with Crippen LogP contribution in [-0.4, -0.2) is 22.7 Å². The van der Waals surface area contributed by atoms with E-state index in [1.54, 1.807) is 0 Å². The monoisotopic (exact) mass is 273 g/mol. The van der Waals surface area contributed by atoms with Gasteiger partial charge in [-0.05, 0) is 25.5 Å². The van der Waals surface area contributed by atoms with Crippen LogP contribution < -0.4 is 5.32 Å². The van der Waals surface area contributed by atoms with Crippen molar-refractivity contribution >= 4 is 0 Å². The van der Waals surface area contributed by atoms with Gasteiger partial charge in [-0.2, -0.15) is 4.98 Å². The van der Waals surface area contributed by atoms with Gasteiger partial charge in [0.15, 0.2) is 5.82 Å². The quantitative estimate of drug-likeness (QED) is 0.842. The average molecular weight is 273 g/mol. The maximum Gasteiger partial charge on any atom is 0.228 e. The van der Waals surface area contributed by atoms with Crippen molar-refractivity contribution in [1.29, 1.82) is 0 Å². The first kappa shape index (κ1) is 14.7. The van der Waals surface area contributed by atoms with E-state index in [2.05, 4.69) is 60.5 Å². The van der Waals surface area contributed by atoms with Crippen LogP contribution in [-0.2, 0) is 12.8 Å². The molecule has 2 aromatic rings. The highest BCUT2D eigenvalue weighted by molar-refractivity contribution is 5.24. The Hall–Kier alpha value is -1.68. The van der Waals surface area contributed by atoms with Crippen LogP contribution in [0.2, 0.25) is 0 Å². The number of aromatic nitrogens is 2. The van der Waals surface area contributed by atoms with Crippen LogP contribution in [0.25, 0.3) is 0 Å². The molecular formula is C16H23N3O. The lowest BCUT2D eigenvalue weighted by Gasteiger charge is -2.12. The molecule has 2 rings (SSSR count). The maximum absolute atomic E-state index is 5.34. The summed E-state index contributed by atoms with van der Waals surface area (Å²) in [6.07, 6.45) is 2.58. The van der Waals surface area contributed by atoms with Gasteiger partial charge in [0.1, 0.15) is 0 Å². The molecule has 4 heteroatoms. The standard InChI is InChI=1S/C16H23N3O/c1-4-14(17-5-2)11-16-18-15(19-20-16)10-13-8-6-7-12(3)9-13/h6-9,14,17H,4-5,10-11H2,1-3H3. The second kappa shape index (κ2) is 7.20. The lowest BCUT2D eigenvalue weighted by atomic mass is 10.1. The Labute approximate surface area is 120 Å². The molecule has 1 atom stereocenters. The predicted molar refractivity (Wildman–Crippen MR) is 79.7 cm³/mol. The molecule has 0 saturated heterocycles. The van der Waals surface area contributed by atoms with Gasteiger partial charge < -0.3 is 9.84 Å². The smallest absolute Gasteiger partial charge is 0.228 e. The van der Waals surface area contributed by atoms with Crippen LogP contribution in [0.5, 0.6) is 0 Å². The molecule has 4 nitrogen and oxygen atoms in total. The summed E-state index contributed by atoms with van der Waals surface area (Å²) in [5, 5.41) is 7.49. The molecule has 0 aliphatic heterocycles. The lowest BCUT2D eigenvalue weighted by molar-refractivity contribution is 0.352. The minimum atomic E-state index is 0.410. The van der Waals surface area contributed by atoms with Gasteiger partial charge in [0.2, 0.25) is 5.89 Å². The number of nitrogens with one attached hydrogen (secondary N) is 1. The van der Waals surface area contributed by atoms with Crippen molar-refractivity contribution in [1.82, 2.24) is 15.5 Å². The highest BCUT2D eigenvalue weighted by Gasteiger charge is 2.12. The fraction of sp³-hybridized carbons (Fsp3) is 0.500. The number of hydrogen-bond donors (Lipinski definition) is 1. The lowest BCUT2D eigenvalue weighted by Crippen LogP contribution is -2.30. The molecule has 1 unspecified atom stereocenters. The maximum atomic E-state index is 5.34. The van der Waals surface area contributed by atoms with E-state index in [1.165, 1.54) is 11.1 Å². The Morgan fingerprint density at radius 2 is 2.15 bits per heavy atom. The van der Waals surface area contributed by atoms with E-state index in [-0.39, 0.29) is 0 Å². The van der Waals surface area contributed by atoms with Gasteiger partial charge in [0, 0.05) is 18.9 Å². The van der Waals surface area contributed by atoms with Crippen molar-refractivity contribution < 1.29 is 4.52 Å². The molecule has 1 N–H and O–H groups in total. The minimum absolute atomic E-state index is 0.410. The van der Waals surface area contributed by atoms with Gasteiger partial charge in [-0.1, -0.05) is 48.8 Å². The van der Waals surface area contributed by atoms with E-state index >= 15 is 0 Å². The van der Waals surface area contributed by atoms with E-state index < -0.39 is 0 Å². The second-order valence-corrected chi connectivity index (χ2v) is 5.14. The van der Waals surface area contributed by atoms with Crippen LogP contribution in [0.15, 0.2) is 28.8 Å². The fourth-order valence-electron chi connectivity index (χ4n) is 2.31. The largest absolute Gasteiger partial charge is 0.339 e. The van der Waals surface area contributed by atoms with Crippen molar-refractivity contribution in [2.24, 2.45) is 0 Å². The molecule has 0 spiro atoms. The van der Waals surface area contributed by atoms with Gasteiger partial charge in [-0.25, -0.2) is 0 Å². The highest BCUT2D eigenvalue weighted by Crippen LogP contribution is 2.10. The summed E-state index contributed by atoms with van der Waals surface area (Å²) in [5.74, 6) is 1.48. The fourth-order valence-corrected chi connectivity index (χ4v) is 2.31. The molecule has 0 aliphatic carbocycles. The zero-order valence-electron chi connectivity index (χ0n) is 12.5. The predicted octanol–water partition coefficient (Wildman–Crippen LogP) is 2.90. The molecule has 0 saturated carbocycles. The van der Waals surface area contributed by atoms with Crippen molar-refractivity contribution in [2.45, 2.75) is 46.1 Å². The third-order valence-corrected chi connectivity index (χ3v) is 3.36. The Balaban J connectivity index is 1.98. The van der Waals surface area contributed by atoms with Crippen molar-refractivity contribution in [3.63, 3.8) is 0 Å². The molecule has 1 aromatic heterocycles. The Morgan fingerprint density at radius 1 is 1.30 bits per heavy atom. The molecule has 0 aliphatic rings. The summed E-state index contributed by atoms with van der Waals surface area (Å²) in [4.78, 5) is 4.49. The Bertz CT molecular complexity index is 536. The van der Waals surface area contributed by atoms with E-state index in [0.29, 0.717) is 6.04 Å². The zero-order chi connectivity index (χ0) is 14.4. The number of hydrogen-bond acceptors (Lipinski definition) is 4. The first-order valence-corrected chi connectivity index (χ1v) is 7.31. The molecule has 0 fully saturated rings. The number of nitrogens with zero attached hydrogens (tertiary/aromatic N) is 2. The van der Waals surface area contributed by atoms with Crippen molar-refractivity contribution in [3.8, 4) is 0 Å². The summed E-state index contributed by atoms with van der Waals surface area (Å²) >= 11 is 0. The summed E-state index contributed by atoms with van der Waals surface area (Å²) in [7, 11) is 0. The summed E-state index contributed by atoms with van der Waals surface area (Å²) in [6, 6.07) is 8.81. The van der Waals surface area contributed by atoms with Crippen LogP contribution >= 0.6 is 0 Å². The molecule has 0 bridgehead atoms. The van der Waals surface area contributed by atoms with Gasteiger partial charge >= 0.3 is 0 Å².